The van der Waals surface area contributed by atoms with E-state index in [9.17, 15) is 4.79 Å². The van der Waals surface area contributed by atoms with Gasteiger partial charge in [-0.1, -0.05) is 6.58 Å². The predicted molar refractivity (Wildman–Crippen MR) is 50.4 cm³/mol. The second kappa shape index (κ2) is 4.57. The fraction of sp³-hybridized carbons (Fsp3) is 0.700. The molecule has 0 radical (unpaired) electrons. The number of ether oxygens (including phenoxy) is 3. The highest BCUT2D eigenvalue weighted by Crippen LogP contribution is 2.27. The van der Waals surface area contributed by atoms with Crippen LogP contribution in [0.1, 0.15) is 26.2 Å². The van der Waals surface area contributed by atoms with E-state index >= 15 is 0 Å². The Morgan fingerprint density at radius 1 is 1.50 bits per heavy atom. The highest BCUT2D eigenvalue weighted by atomic mass is 16.9. The van der Waals surface area contributed by atoms with Gasteiger partial charge in [0.05, 0.1) is 6.61 Å². The number of carbonyl (C=O) groups excluding carboxylic acids is 1. The van der Waals surface area contributed by atoms with E-state index < -0.39 is 11.9 Å². The lowest BCUT2D eigenvalue weighted by Gasteiger charge is -2.34. The molecule has 0 bridgehead atoms. The molecule has 0 saturated carbocycles. The van der Waals surface area contributed by atoms with E-state index in [2.05, 4.69) is 6.58 Å². The van der Waals surface area contributed by atoms with Crippen molar-refractivity contribution in [1.29, 1.82) is 0 Å². The molecule has 1 heterocycles. The quantitative estimate of drug-likeness (QED) is 0.394. The third kappa shape index (κ3) is 2.56. The molecule has 0 aliphatic carbocycles. The van der Waals surface area contributed by atoms with E-state index in [-0.39, 0.29) is 0 Å². The molecular formula is C10H16O4. The number of hydrogen-bond donors (Lipinski definition) is 0. The molecular weight excluding hydrogens is 184 g/mol. The first-order valence-electron chi connectivity index (χ1n) is 4.67. The van der Waals surface area contributed by atoms with Gasteiger partial charge in [0.2, 0.25) is 0 Å². The lowest BCUT2D eigenvalue weighted by Crippen LogP contribution is -2.42. The van der Waals surface area contributed by atoms with Crippen molar-refractivity contribution in [3.8, 4) is 0 Å². The van der Waals surface area contributed by atoms with Crippen molar-refractivity contribution in [2.75, 3.05) is 13.7 Å². The van der Waals surface area contributed by atoms with Crippen molar-refractivity contribution in [1.82, 2.24) is 0 Å². The molecule has 80 valence electrons. The predicted octanol–water partition coefficient (Wildman–Crippen LogP) is 1.61. The summed E-state index contributed by atoms with van der Waals surface area (Å²) >= 11 is 0. The van der Waals surface area contributed by atoms with Crippen LogP contribution in [-0.2, 0) is 19.0 Å². The molecule has 0 aromatic heterocycles. The van der Waals surface area contributed by atoms with E-state index in [0.717, 1.165) is 12.8 Å². The summed E-state index contributed by atoms with van der Waals surface area (Å²) in [6, 6.07) is 0. The van der Waals surface area contributed by atoms with Gasteiger partial charge >= 0.3 is 11.9 Å². The molecule has 1 atom stereocenters. The van der Waals surface area contributed by atoms with E-state index in [1.54, 1.807) is 6.92 Å². The van der Waals surface area contributed by atoms with Crippen LogP contribution >= 0.6 is 0 Å². The summed E-state index contributed by atoms with van der Waals surface area (Å²) in [7, 11) is 1.47. The minimum absolute atomic E-state index is 0.343. The Balaban J connectivity index is 2.60. The van der Waals surface area contributed by atoms with E-state index in [1.807, 2.05) is 0 Å². The molecule has 14 heavy (non-hydrogen) atoms. The Labute approximate surface area is 83.8 Å². The van der Waals surface area contributed by atoms with Crippen molar-refractivity contribution in [3.63, 3.8) is 0 Å². The Hall–Kier alpha value is -0.870. The van der Waals surface area contributed by atoms with Crippen LogP contribution in [0.15, 0.2) is 12.2 Å². The van der Waals surface area contributed by atoms with Gasteiger partial charge in [-0.2, -0.15) is 0 Å². The topological polar surface area (TPSA) is 44.8 Å². The molecule has 1 aliphatic rings. The van der Waals surface area contributed by atoms with Gasteiger partial charge in [-0.3, -0.25) is 0 Å². The zero-order valence-corrected chi connectivity index (χ0v) is 8.67. The number of esters is 1. The monoisotopic (exact) mass is 200 g/mol. The number of rotatable bonds is 3. The van der Waals surface area contributed by atoms with Crippen LogP contribution in [0.4, 0.5) is 0 Å². The lowest BCUT2D eigenvalue weighted by atomic mass is 10.2. The van der Waals surface area contributed by atoms with Crippen LogP contribution in [0.25, 0.3) is 0 Å². The molecule has 4 nitrogen and oxygen atoms in total. The van der Waals surface area contributed by atoms with Crippen molar-refractivity contribution in [3.05, 3.63) is 12.2 Å². The molecule has 1 rings (SSSR count). The number of carbonyl (C=O) groups is 1. The van der Waals surface area contributed by atoms with Gasteiger partial charge in [0.15, 0.2) is 0 Å². The van der Waals surface area contributed by atoms with Crippen LogP contribution < -0.4 is 0 Å². The van der Waals surface area contributed by atoms with Crippen molar-refractivity contribution in [2.45, 2.75) is 32.2 Å². The lowest BCUT2D eigenvalue weighted by molar-refractivity contribution is -0.365. The Morgan fingerprint density at radius 2 is 2.21 bits per heavy atom. The molecule has 0 N–H and O–H groups in total. The minimum atomic E-state index is -1.19. The van der Waals surface area contributed by atoms with E-state index in [4.69, 9.17) is 14.2 Å². The van der Waals surface area contributed by atoms with Gasteiger partial charge in [-0.25, -0.2) is 4.79 Å². The van der Waals surface area contributed by atoms with Crippen molar-refractivity contribution >= 4 is 5.97 Å². The normalized spacial score (nSPS) is 27.0. The summed E-state index contributed by atoms with van der Waals surface area (Å²) in [6.07, 6.45) is 2.47. The fourth-order valence-corrected chi connectivity index (χ4v) is 1.25. The van der Waals surface area contributed by atoms with Gasteiger partial charge in [-0.05, 0) is 19.8 Å². The molecule has 1 aliphatic heterocycles. The first kappa shape index (κ1) is 11.2. The van der Waals surface area contributed by atoms with Crippen LogP contribution in [0, 0.1) is 0 Å². The highest BCUT2D eigenvalue weighted by molar-refractivity contribution is 5.87. The van der Waals surface area contributed by atoms with Gasteiger partial charge in [-0.15, -0.1) is 0 Å². The fourth-order valence-electron chi connectivity index (χ4n) is 1.25. The second-order valence-corrected chi connectivity index (χ2v) is 3.36. The third-order valence-corrected chi connectivity index (χ3v) is 2.11. The maximum absolute atomic E-state index is 11.3. The summed E-state index contributed by atoms with van der Waals surface area (Å²) in [4.78, 5) is 11.3. The molecule has 1 saturated heterocycles. The van der Waals surface area contributed by atoms with E-state index in [1.165, 1.54) is 7.11 Å². The Morgan fingerprint density at radius 3 is 2.64 bits per heavy atom. The molecule has 0 aromatic carbocycles. The minimum Gasteiger partial charge on any atom is -0.404 e. The first-order valence-corrected chi connectivity index (χ1v) is 4.67. The SMILES string of the molecule is C=C(C)C(=O)OC1(OC)CCCCO1. The van der Waals surface area contributed by atoms with Gasteiger partial charge in [0.25, 0.3) is 0 Å². The summed E-state index contributed by atoms with van der Waals surface area (Å²) in [5, 5.41) is 0. The second-order valence-electron chi connectivity index (χ2n) is 3.36. The summed E-state index contributed by atoms with van der Waals surface area (Å²) in [5.74, 6) is -1.66. The molecule has 0 spiro atoms. The molecule has 0 amide bonds. The largest absolute Gasteiger partial charge is 0.404 e. The van der Waals surface area contributed by atoms with Gasteiger partial charge in [0, 0.05) is 19.1 Å². The zero-order valence-electron chi connectivity index (χ0n) is 8.67. The average molecular weight is 200 g/mol. The summed E-state index contributed by atoms with van der Waals surface area (Å²) < 4.78 is 15.5. The van der Waals surface area contributed by atoms with Crippen LogP contribution in [-0.4, -0.2) is 25.7 Å². The summed E-state index contributed by atoms with van der Waals surface area (Å²) in [5.41, 5.74) is 0.343. The first-order chi connectivity index (χ1) is 6.59. The zero-order chi connectivity index (χ0) is 10.6. The third-order valence-electron chi connectivity index (χ3n) is 2.11. The van der Waals surface area contributed by atoms with Crippen LogP contribution in [0.3, 0.4) is 0 Å². The number of hydrogen-bond acceptors (Lipinski definition) is 4. The molecule has 4 heteroatoms. The van der Waals surface area contributed by atoms with Crippen molar-refractivity contribution in [2.24, 2.45) is 0 Å². The smallest absolute Gasteiger partial charge is 0.337 e. The van der Waals surface area contributed by atoms with Crippen LogP contribution in [0.5, 0.6) is 0 Å². The Kier molecular flexibility index (Phi) is 3.66. The standard InChI is InChI=1S/C10H16O4/c1-8(2)9(11)14-10(12-3)6-4-5-7-13-10/h1,4-7H2,2-3H3. The summed E-state index contributed by atoms with van der Waals surface area (Å²) in [6.45, 7) is 5.64. The maximum atomic E-state index is 11.3. The van der Waals surface area contributed by atoms with Crippen LogP contribution in [0.2, 0.25) is 0 Å². The molecule has 1 unspecified atom stereocenters. The average Bonchev–Trinajstić information content (AvgIpc) is 2.19. The highest BCUT2D eigenvalue weighted by Gasteiger charge is 2.37. The molecule has 0 aromatic rings. The van der Waals surface area contributed by atoms with Gasteiger partial charge in [0.1, 0.15) is 0 Å². The number of methoxy groups -OCH3 is 1. The Bertz CT molecular complexity index is 228. The van der Waals surface area contributed by atoms with Crippen molar-refractivity contribution < 1.29 is 19.0 Å². The van der Waals surface area contributed by atoms with Gasteiger partial charge < -0.3 is 14.2 Å². The maximum Gasteiger partial charge on any atom is 0.337 e. The van der Waals surface area contributed by atoms with E-state index in [0.29, 0.717) is 18.6 Å². The molecule has 1 fully saturated rings.